The van der Waals surface area contributed by atoms with Crippen molar-refractivity contribution in [3.05, 3.63) is 64.2 Å². The molecule has 0 spiro atoms. The molecule has 1 unspecified atom stereocenters. The number of rotatable bonds is 3. The van der Waals surface area contributed by atoms with Gasteiger partial charge in [0.25, 0.3) is 5.91 Å². The molecule has 0 radical (unpaired) electrons. The van der Waals surface area contributed by atoms with Crippen molar-refractivity contribution in [1.29, 1.82) is 0 Å². The van der Waals surface area contributed by atoms with E-state index in [1.165, 1.54) is 11.1 Å². The first-order valence-corrected chi connectivity index (χ1v) is 10.3. The number of nitrogens with one attached hydrogen (secondary N) is 1. The first kappa shape index (κ1) is 18.8. The molecule has 0 bridgehead atoms. The Kier molecular flexibility index (Phi) is 4.55. The third kappa shape index (κ3) is 3.35. The molecule has 0 aliphatic carbocycles. The summed E-state index contributed by atoms with van der Waals surface area (Å²) in [5.74, 6) is -0.774. The molecule has 1 saturated heterocycles. The largest absolute Gasteiger partial charge is 0.399 e. The number of imide groups is 1. The fourth-order valence-corrected chi connectivity index (χ4v) is 4.73. The molecule has 3 N–H and O–H groups in total. The molecule has 3 aliphatic heterocycles. The number of carbonyl (C=O) groups excluding carboxylic acids is 3. The van der Waals surface area contributed by atoms with Crippen molar-refractivity contribution in [3.8, 4) is 0 Å². The summed E-state index contributed by atoms with van der Waals surface area (Å²) in [4.78, 5) is 40.6. The third-order valence-corrected chi connectivity index (χ3v) is 6.32. The van der Waals surface area contributed by atoms with Crippen LogP contribution in [-0.4, -0.2) is 40.1 Å². The molecule has 2 aromatic carbocycles. The second-order valence-electron chi connectivity index (χ2n) is 8.38. The number of nitrogens with zero attached hydrogens (tertiary/aromatic N) is 2. The second kappa shape index (κ2) is 7.25. The van der Waals surface area contributed by atoms with Gasteiger partial charge in [-0.1, -0.05) is 18.2 Å². The molecule has 30 heavy (non-hydrogen) atoms. The Morgan fingerprint density at radius 1 is 0.967 bits per heavy atom. The van der Waals surface area contributed by atoms with Crippen LogP contribution in [0, 0.1) is 0 Å². The minimum Gasteiger partial charge on any atom is -0.399 e. The van der Waals surface area contributed by atoms with Gasteiger partial charge in [0.05, 0.1) is 0 Å². The van der Waals surface area contributed by atoms with Gasteiger partial charge in [0.2, 0.25) is 11.8 Å². The number of amides is 3. The fraction of sp³-hybridized carbons (Fsp3) is 0.348. The van der Waals surface area contributed by atoms with Crippen molar-refractivity contribution >= 4 is 23.4 Å². The fourth-order valence-electron chi connectivity index (χ4n) is 4.73. The van der Waals surface area contributed by atoms with E-state index in [4.69, 9.17) is 5.73 Å². The van der Waals surface area contributed by atoms with E-state index >= 15 is 0 Å². The number of piperidine rings is 1. The van der Waals surface area contributed by atoms with Crippen LogP contribution < -0.4 is 11.1 Å². The van der Waals surface area contributed by atoms with E-state index in [2.05, 4.69) is 22.3 Å². The summed E-state index contributed by atoms with van der Waals surface area (Å²) in [6.07, 6.45) is 1.64. The molecule has 1 fully saturated rings. The van der Waals surface area contributed by atoms with Gasteiger partial charge in [0.15, 0.2) is 0 Å². The van der Waals surface area contributed by atoms with Gasteiger partial charge in [-0.2, -0.15) is 0 Å². The van der Waals surface area contributed by atoms with Crippen LogP contribution in [0.5, 0.6) is 0 Å². The summed E-state index contributed by atoms with van der Waals surface area (Å²) in [6.45, 7) is 2.97. The number of nitrogens with two attached hydrogens (primary N) is 1. The number of fused-ring (bicyclic) bond motifs is 2. The van der Waals surface area contributed by atoms with Gasteiger partial charge in [-0.05, 0) is 53.3 Å². The molecule has 2 aromatic rings. The highest BCUT2D eigenvalue weighted by Gasteiger charge is 2.39. The molecule has 0 aromatic heterocycles. The Hall–Kier alpha value is -3.19. The number of hydrogen-bond acceptors (Lipinski definition) is 5. The van der Waals surface area contributed by atoms with Crippen LogP contribution in [0.2, 0.25) is 0 Å². The van der Waals surface area contributed by atoms with Crippen molar-refractivity contribution in [1.82, 2.24) is 15.1 Å². The Bertz CT molecular complexity index is 1060. The normalized spacial score (nSPS) is 21.4. The van der Waals surface area contributed by atoms with Gasteiger partial charge in [-0.3, -0.25) is 24.6 Å². The smallest absolute Gasteiger partial charge is 0.255 e. The minimum absolute atomic E-state index is 0.127. The van der Waals surface area contributed by atoms with E-state index in [-0.39, 0.29) is 24.1 Å². The topological polar surface area (TPSA) is 95.7 Å². The zero-order chi connectivity index (χ0) is 20.8. The van der Waals surface area contributed by atoms with E-state index in [0.29, 0.717) is 18.5 Å². The van der Waals surface area contributed by atoms with Crippen LogP contribution in [0.3, 0.4) is 0 Å². The Balaban J connectivity index is 1.31. The highest BCUT2D eigenvalue weighted by atomic mass is 16.2. The van der Waals surface area contributed by atoms with Crippen LogP contribution in [-0.2, 0) is 35.6 Å². The Morgan fingerprint density at radius 2 is 1.80 bits per heavy atom. The molecule has 0 saturated carbocycles. The quantitative estimate of drug-likeness (QED) is 0.598. The Morgan fingerprint density at radius 3 is 2.63 bits per heavy atom. The van der Waals surface area contributed by atoms with Crippen LogP contribution in [0.25, 0.3) is 0 Å². The lowest BCUT2D eigenvalue weighted by Crippen LogP contribution is -2.52. The van der Waals surface area contributed by atoms with Crippen molar-refractivity contribution < 1.29 is 14.4 Å². The summed E-state index contributed by atoms with van der Waals surface area (Å²) in [7, 11) is 0. The van der Waals surface area contributed by atoms with E-state index in [1.54, 1.807) is 4.90 Å². The standard InChI is InChI=1S/C23H24N4O3/c24-18-4-3-15-7-8-26(12-17(15)10-18)11-14-1-2-16-13-27(23(30)19(16)9-14)20-5-6-21(28)25-22(20)29/h1-4,9-10,20H,5-8,11-13,24H2,(H,25,28,29). The molecular formula is C23H24N4O3. The summed E-state index contributed by atoms with van der Waals surface area (Å²) < 4.78 is 0. The summed E-state index contributed by atoms with van der Waals surface area (Å²) in [5.41, 5.74) is 12.0. The van der Waals surface area contributed by atoms with Gasteiger partial charge >= 0.3 is 0 Å². The lowest BCUT2D eigenvalue weighted by atomic mass is 9.98. The van der Waals surface area contributed by atoms with Gasteiger partial charge in [-0.25, -0.2) is 0 Å². The molecular weight excluding hydrogens is 380 g/mol. The highest BCUT2D eigenvalue weighted by Crippen LogP contribution is 2.29. The van der Waals surface area contributed by atoms with Gasteiger partial charge < -0.3 is 10.6 Å². The monoisotopic (exact) mass is 404 g/mol. The van der Waals surface area contributed by atoms with Crippen LogP contribution >= 0.6 is 0 Å². The van der Waals surface area contributed by atoms with E-state index < -0.39 is 6.04 Å². The number of hydrogen-bond donors (Lipinski definition) is 2. The molecule has 3 aliphatic rings. The Labute approximate surface area is 174 Å². The first-order valence-electron chi connectivity index (χ1n) is 10.3. The summed E-state index contributed by atoms with van der Waals surface area (Å²) in [6, 6.07) is 11.5. The van der Waals surface area contributed by atoms with Crippen molar-refractivity contribution in [2.45, 2.75) is 44.9 Å². The van der Waals surface area contributed by atoms with E-state index in [9.17, 15) is 14.4 Å². The van der Waals surface area contributed by atoms with Gasteiger partial charge in [0, 0.05) is 43.9 Å². The van der Waals surface area contributed by atoms with Crippen LogP contribution in [0.15, 0.2) is 36.4 Å². The minimum atomic E-state index is -0.574. The zero-order valence-corrected chi connectivity index (χ0v) is 16.7. The second-order valence-corrected chi connectivity index (χ2v) is 8.38. The van der Waals surface area contributed by atoms with Crippen molar-refractivity contribution in [2.24, 2.45) is 0 Å². The van der Waals surface area contributed by atoms with Gasteiger partial charge in [0.1, 0.15) is 6.04 Å². The number of carbonyl (C=O) groups is 3. The molecule has 3 amide bonds. The van der Waals surface area contributed by atoms with Crippen molar-refractivity contribution in [2.75, 3.05) is 12.3 Å². The van der Waals surface area contributed by atoms with Crippen LogP contribution in [0.1, 0.15) is 45.5 Å². The van der Waals surface area contributed by atoms with Crippen LogP contribution in [0.4, 0.5) is 5.69 Å². The lowest BCUT2D eigenvalue weighted by molar-refractivity contribution is -0.136. The zero-order valence-electron chi connectivity index (χ0n) is 16.7. The average Bonchev–Trinajstić information content (AvgIpc) is 3.04. The molecule has 7 heteroatoms. The number of benzene rings is 2. The predicted octanol–water partition coefficient (Wildman–Crippen LogP) is 1.59. The number of nitrogen functional groups attached to an aromatic ring is 1. The maximum atomic E-state index is 13.0. The van der Waals surface area contributed by atoms with E-state index in [1.807, 2.05) is 24.3 Å². The van der Waals surface area contributed by atoms with Gasteiger partial charge in [-0.15, -0.1) is 0 Å². The first-order chi connectivity index (χ1) is 14.5. The molecule has 3 heterocycles. The maximum absolute atomic E-state index is 13.0. The maximum Gasteiger partial charge on any atom is 0.255 e. The molecule has 7 nitrogen and oxygen atoms in total. The summed E-state index contributed by atoms with van der Waals surface area (Å²) >= 11 is 0. The molecule has 1 atom stereocenters. The van der Waals surface area contributed by atoms with E-state index in [0.717, 1.165) is 42.9 Å². The SMILES string of the molecule is Nc1ccc2c(c1)CN(Cc1ccc3c(c1)C(=O)N(C1CCC(=O)NC1=O)C3)CC2. The average molecular weight is 404 g/mol. The lowest BCUT2D eigenvalue weighted by Gasteiger charge is -2.29. The van der Waals surface area contributed by atoms with Crippen molar-refractivity contribution in [3.63, 3.8) is 0 Å². The number of anilines is 1. The third-order valence-electron chi connectivity index (χ3n) is 6.32. The molecule has 154 valence electrons. The molecule has 5 rings (SSSR count). The predicted molar refractivity (Wildman–Crippen MR) is 111 cm³/mol. The summed E-state index contributed by atoms with van der Waals surface area (Å²) in [5, 5.41) is 2.34. The highest BCUT2D eigenvalue weighted by molar-refractivity contribution is 6.05.